The summed E-state index contributed by atoms with van der Waals surface area (Å²) in [6.45, 7) is 3.35. The first-order valence-electron chi connectivity index (χ1n) is 10.3. The van der Waals surface area contributed by atoms with Crippen molar-refractivity contribution >= 4 is 23.4 Å². The van der Waals surface area contributed by atoms with E-state index in [2.05, 4.69) is 0 Å². The minimum absolute atomic E-state index is 0.0353. The van der Waals surface area contributed by atoms with Gasteiger partial charge in [0.05, 0.1) is 11.8 Å². The molecule has 0 aromatic heterocycles. The van der Waals surface area contributed by atoms with Gasteiger partial charge in [0.15, 0.2) is 11.6 Å². The number of phenolic OH excluding ortho intramolecular Hbond substituents is 1. The summed E-state index contributed by atoms with van der Waals surface area (Å²) in [4.78, 5) is 51.2. The van der Waals surface area contributed by atoms with E-state index in [1.165, 1.54) is 6.08 Å². The molecule has 0 radical (unpaired) electrons. The molecule has 158 valence electrons. The molecule has 4 atom stereocenters. The monoisotopic (exact) mass is 419 g/mol. The number of ketones is 2. The van der Waals surface area contributed by atoms with Crippen LogP contribution in [0.15, 0.2) is 52.6 Å². The summed E-state index contributed by atoms with van der Waals surface area (Å²) >= 11 is 0. The van der Waals surface area contributed by atoms with Crippen LogP contribution in [0.3, 0.4) is 0 Å². The maximum atomic E-state index is 13.2. The second-order valence-electron chi connectivity index (χ2n) is 8.73. The van der Waals surface area contributed by atoms with E-state index in [0.717, 1.165) is 5.57 Å². The quantitative estimate of drug-likeness (QED) is 0.313. The average Bonchev–Trinajstić information content (AvgIpc) is 2.97. The molecule has 1 saturated heterocycles. The molecule has 2 amide bonds. The van der Waals surface area contributed by atoms with Crippen LogP contribution in [0.5, 0.6) is 5.75 Å². The molecule has 3 aliphatic carbocycles. The number of Topliss-reactive ketones (excluding diaryl/α,β-unsaturated/α-hetero) is 1. The fraction of sp³-hybridized carbons (Fsp3) is 0.333. The van der Waals surface area contributed by atoms with Gasteiger partial charge in [-0.2, -0.15) is 5.06 Å². The number of aryl methyl sites for hydroxylation is 1. The molecular formula is C24H21NO6. The summed E-state index contributed by atoms with van der Waals surface area (Å²) in [5.41, 5.74) is 2.86. The van der Waals surface area contributed by atoms with E-state index in [-0.39, 0.29) is 35.2 Å². The van der Waals surface area contributed by atoms with Crippen LogP contribution in [0.2, 0.25) is 0 Å². The Kier molecular flexibility index (Phi) is 4.17. The lowest BCUT2D eigenvalue weighted by molar-refractivity contribution is -0.173. The summed E-state index contributed by atoms with van der Waals surface area (Å²) in [7, 11) is 0. The number of para-hydroxylation sites is 1. The number of imide groups is 1. The molecule has 2 N–H and O–H groups in total. The number of hydrogen-bond acceptors (Lipinski definition) is 6. The number of phenols is 1. The number of benzene rings is 1. The minimum atomic E-state index is -0.795. The molecule has 1 fully saturated rings. The third kappa shape index (κ3) is 2.56. The van der Waals surface area contributed by atoms with Crippen molar-refractivity contribution in [1.29, 1.82) is 0 Å². The third-order valence-corrected chi connectivity index (χ3v) is 7.12. The first-order chi connectivity index (χ1) is 14.7. The molecule has 31 heavy (non-hydrogen) atoms. The van der Waals surface area contributed by atoms with Crippen LogP contribution in [-0.2, 0) is 19.2 Å². The molecule has 0 bridgehead atoms. The highest BCUT2D eigenvalue weighted by atomic mass is 16.5. The van der Waals surface area contributed by atoms with Crippen LogP contribution in [0.4, 0.5) is 0 Å². The Balaban J connectivity index is 1.75. The Morgan fingerprint density at radius 1 is 1.03 bits per heavy atom. The molecule has 4 aliphatic rings. The largest absolute Gasteiger partial charge is 0.507 e. The highest BCUT2D eigenvalue weighted by Crippen LogP contribution is 2.56. The van der Waals surface area contributed by atoms with E-state index in [9.17, 15) is 29.5 Å². The maximum absolute atomic E-state index is 13.2. The van der Waals surface area contributed by atoms with Gasteiger partial charge in [-0.25, -0.2) is 0 Å². The number of carbonyl (C=O) groups excluding carboxylic acids is 4. The zero-order valence-electron chi connectivity index (χ0n) is 17.1. The lowest BCUT2D eigenvalue weighted by Gasteiger charge is -2.42. The Bertz CT molecular complexity index is 1190. The Morgan fingerprint density at radius 2 is 1.77 bits per heavy atom. The molecule has 0 saturated carbocycles. The van der Waals surface area contributed by atoms with Crippen molar-refractivity contribution in [2.45, 2.75) is 32.6 Å². The van der Waals surface area contributed by atoms with Gasteiger partial charge in [0.1, 0.15) is 5.75 Å². The summed E-state index contributed by atoms with van der Waals surface area (Å²) in [5, 5.41) is 21.0. The molecule has 5 rings (SSSR count). The first kappa shape index (κ1) is 19.6. The molecule has 1 aromatic carbocycles. The molecule has 1 aromatic rings. The molecule has 4 unspecified atom stereocenters. The number of carbonyl (C=O) groups is 4. The van der Waals surface area contributed by atoms with Crippen molar-refractivity contribution < 1.29 is 29.5 Å². The smallest absolute Gasteiger partial charge is 0.257 e. The fourth-order valence-electron chi connectivity index (χ4n) is 5.61. The number of hydrogen-bond donors (Lipinski definition) is 2. The predicted molar refractivity (Wildman–Crippen MR) is 108 cm³/mol. The van der Waals surface area contributed by atoms with Crippen molar-refractivity contribution in [2.24, 2.45) is 17.8 Å². The van der Waals surface area contributed by atoms with Gasteiger partial charge in [-0.05, 0) is 44.2 Å². The zero-order chi connectivity index (χ0) is 22.2. The van der Waals surface area contributed by atoms with E-state index < -0.39 is 35.5 Å². The molecule has 7 heteroatoms. The van der Waals surface area contributed by atoms with Crippen molar-refractivity contribution in [3.8, 4) is 5.75 Å². The van der Waals surface area contributed by atoms with Crippen molar-refractivity contribution in [2.75, 3.05) is 0 Å². The molecule has 1 aliphatic heterocycles. The minimum Gasteiger partial charge on any atom is -0.507 e. The number of aromatic hydroxyl groups is 1. The van der Waals surface area contributed by atoms with Crippen LogP contribution in [0.1, 0.15) is 36.8 Å². The second-order valence-corrected chi connectivity index (χ2v) is 8.73. The van der Waals surface area contributed by atoms with Gasteiger partial charge in [-0.3, -0.25) is 24.4 Å². The number of fused-ring (bicyclic) bond motifs is 3. The highest BCUT2D eigenvalue weighted by molar-refractivity contribution is 6.23. The highest BCUT2D eigenvalue weighted by Gasteiger charge is 2.56. The van der Waals surface area contributed by atoms with Gasteiger partial charge in [0.25, 0.3) is 11.8 Å². The topological polar surface area (TPSA) is 112 Å². The standard InChI is InChI=1S/C24H21NO6/c1-10-4-3-5-13(21(10)27)18-12-6-7-14-19(24(30)25(31)23(14)29)15(12)9-16-17(26)8-11(2)22(28)20(16)18/h3-6,8,14-15,18-19,27,31H,7,9H2,1-2H3. The summed E-state index contributed by atoms with van der Waals surface area (Å²) in [5.74, 6) is -4.51. The normalized spacial score (nSPS) is 30.1. The van der Waals surface area contributed by atoms with Gasteiger partial charge < -0.3 is 5.11 Å². The van der Waals surface area contributed by atoms with Gasteiger partial charge >= 0.3 is 0 Å². The van der Waals surface area contributed by atoms with E-state index in [1.54, 1.807) is 32.0 Å². The Hall–Kier alpha value is -3.32. The fourth-order valence-corrected chi connectivity index (χ4v) is 5.61. The van der Waals surface area contributed by atoms with Gasteiger partial charge in [0, 0.05) is 28.2 Å². The summed E-state index contributed by atoms with van der Waals surface area (Å²) in [6, 6.07) is 5.25. The lowest BCUT2D eigenvalue weighted by Crippen LogP contribution is -2.39. The van der Waals surface area contributed by atoms with Gasteiger partial charge in [0.2, 0.25) is 0 Å². The van der Waals surface area contributed by atoms with E-state index in [0.29, 0.717) is 27.8 Å². The number of rotatable bonds is 1. The molecule has 0 spiro atoms. The average molecular weight is 419 g/mol. The zero-order valence-corrected chi connectivity index (χ0v) is 17.1. The third-order valence-electron chi connectivity index (χ3n) is 7.12. The van der Waals surface area contributed by atoms with Crippen LogP contribution in [0, 0.1) is 24.7 Å². The van der Waals surface area contributed by atoms with Crippen molar-refractivity contribution in [1.82, 2.24) is 5.06 Å². The number of nitrogens with zero attached hydrogens (tertiary/aromatic N) is 1. The van der Waals surface area contributed by atoms with Crippen molar-refractivity contribution in [3.63, 3.8) is 0 Å². The van der Waals surface area contributed by atoms with Gasteiger partial charge in [-0.15, -0.1) is 0 Å². The summed E-state index contributed by atoms with van der Waals surface area (Å²) in [6.07, 6.45) is 3.55. The molecular weight excluding hydrogens is 398 g/mol. The predicted octanol–water partition coefficient (Wildman–Crippen LogP) is 2.52. The summed E-state index contributed by atoms with van der Waals surface area (Å²) < 4.78 is 0. The molecule has 1 heterocycles. The van der Waals surface area contributed by atoms with Crippen LogP contribution >= 0.6 is 0 Å². The van der Waals surface area contributed by atoms with E-state index in [1.807, 2.05) is 6.08 Å². The van der Waals surface area contributed by atoms with Crippen molar-refractivity contribution in [3.05, 3.63) is 63.8 Å². The number of amides is 2. The van der Waals surface area contributed by atoms with Gasteiger partial charge in [-0.1, -0.05) is 29.8 Å². The Labute approximate surface area is 178 Å². The van der Waals surface area contributed by atoms with Crippen LogP contribution < -0.4 is 0 Å². The molecule has 7 nitrogen and oxygen atoms in total. The Morgan fingerprint density at radius 3 is 2.52 bits per heavy atom. The number of hydroxylamine groups is 2. The second kappa shape index (κ2) is 6.59. The lowest BCUT2D eigenvalue weighted by atomic mass is 9.59. The maximum Gasteiger partial charge on any atom is 0.257 e. The van der Waals surface area contributed by atoms with Crippen LogP contribution in [-0.4, -0.2) is 38.8 Å². The SMILES string of the molecule is CC1=CC(=O)C2=C(C1=O)C(c1cccc(C)c1O)C1=CCC3C(=O)N(O)C(=O)C3C1C2. The first-order valence-corrected chi connectivity index (χ1v) is 10.3. The number of allylic oxidation sites excluding steroid dienone is 6. The van der Waals surface area contributed by atoms with E-state index in [4.69, 9.17) is 0 Å². The van der Waals surface area contributed by atoms with Crippen LogP contribution in [0.25, 0.3) is 0 Å². The van der Waals surface area contributed by atoms with E-state index >= 15 is 0 Å².